The summed E-state index contributed by atoms with van der Waals surface area (Å²) in [5, 5.41) is 23.2. The van der Waals surface area contributed by atoms with Crippen molar-refractivity contribution in [2.75, 3.05) is 5.32 Å². The van der Waals surface area contributed by atoms with Crippen molar-refractivity contribution in [3.05, 3.63) is 47.5 Å². The van der Waals surface area contributed by atoms with E-state index in [0.717, 1.165) is 0 Å². The van der Waals surface area contributed by atoms with Gasteiger partial charge in [0.1, 0.15) is 5.75 Å². The molecule has 0 radical (unpaired) electrons. The van der Waals surface area contributed by atoms with Gasteiger partial charge in [-0.3, -0.25) is 9.59 Å². The van der Waals surface area contributed by atoms with Gasteiger partial charge in [0.05, 0.1) is 16.8 Å². The molecular formula is C16H13NO4. The number of ketones is 2. The van der Waals surface area contributed by atoms with Crippen molar-refractivity contribution in [3.8, 4) is 11.5 Å². The molecule has 3 rings (SSSR count). The number of rotatable bonds is 2. The van der Waals surface area contributed by atoms with Gasteiger partial charge < -0.3 is 15.5 Å². The van der Waals surface area contributed by atoms with Gasteiger partial charge in [-0.2, -0.15) is 0 Å². The number of carbonyl (C=O) groups is 2. The number of fused-ring (bicyclic) bond motifs is 1. The SMILES string of the molecule is O=C1CCC(=O)c2c(O)c(Nc3ccccc3)cc(O)c21. The van der Waals surface area contributed by atoms with Crippen LogP contribution < -0.4 is 5.32 Å². The van der Waals surface area contributed by atoms with Gasteiger partial charge in [-0.15, -0.1) is 0 Å². The van der Waals surface area contributed by atoms with Crippen LogP contribution in [0.2, 0.25) is 0 Å². The second-order valence-electron chi connectivity index (χ2n) is 4.88. The summed E-state index contributed by atoms with van der Waals surface area (Å²) in [6.45, 7) is 0. The van der Waals surface area contributed by atoms with E-state index in [-0.39, 0.29) is 52.7 Å². The molecule has 3 N–H and O–H groups in total. The Morgan fingerprint density at radius 2 is 1.52 bits per heavy atom. The summed E-state index contributed by atoms with van der Waals surface area (Å²) >= 11 is 0. The number of hydrogen-bond acceptors (Lipinski definition) is 5. The Bertz CT molecular complexity index is 738. The van der Waals surface area contributed by atoms with E-state index in [2.05, 4.69) is 5.32 Å². The van der Waals surface area contributed by atoms with Crippen molar-refractivity contribution >= 4 is 22.9 Å². The lowest BCUT2D eigenvalue weighted by atomic mass is 9.87. The highest BCUT2D eigenvalue weighted by Gasteiger charge is 2.31. The number of hydrogen-bond donors (Lipinski definition) is 3. The lowest BCUT2D eigenvalue weighted by molar-refractivity contribution is 0.0885. The first kappa shape index (κ1) is 13.2. The molecule has 0 fully saturated rings. The molecule has 0 aliphatic heterocycles. The Balaban J connectivity index is 2.12. The van der Waals surface area contributed by atoms with Gasteiger partial charge in [0.25, 0.3) is 0 Å². The number of para-hydroxylation sites is 1. The topological polar surface area (TPSA) is 86.6 Å². The minimum atomic E-state index is -0.339. The fraction of sp³-hybridized carbons (Fsp3) is 0.125. The van der Waals surface area contributed by atoms with E-state index in [1.807, 2.05) is 18.2 Å². The van der Waals surface area contributed by atoms with Gasteiger partial charge in [0.2, 0.25) is 0 Å². The highest BCUT2D eigenvalue weighted by molar-refractivity contribution is 6.17. The molecule has 0 atom stereocenters. The summed E-state index contributed by atoms with van der Waals surface area (Å²) in [4.78, 5) is 23.8. The molecule has 2 aromatic rings. The lowest BCUT2D eigenvalue weighted by Gasteiger charge is -2.19. The van der Waals surface area contributed by atoms with E-state index in [1.165, 1.54) is 6.07 Å². The van der Waals surface area contributed by atoms with Gasteiger partial charge in [-0.1, -0.05) is 18.2 Å². The standard InChI is InChI=1S/C16H13NO4/c18-11-6-7-12(19)15-14(11)13(20)8-10(16(15)21)17-9-4-2-1-3-5-9/h1-5,8,17,20-21H,6-7H2. The molecule has 0 unspecified atom stereocenters. The number of phenols is 2. The maximum Gasteiger partial charge on any atom is 0.168 e. The van der Waals surface area contributed by atoms with Gasteiger partial charge in [-0.05, 0) is 12.1 Å². The van der Waals surface area contributed by atoms with Gasteiger partial charge in [0, 0.05) is 24.6 Å². The van der Waals surface area contributed by atoms with Crippen LogP contribution in [0.4, 0.5) is 11.4 Å². The summed E-state index contributed by atoms with van der Waals surface area (Å²) in [5.74, 6) is -1.26. The third-order valence-corrected chi connectivity index (χ3v) is 3.47. The highest BCUT2D eigenvalue weighted by Crippen LogP contribution is 2.41. The third kappa shape index (κ3) is 2.23. The first-order valence-electron chi connectivity index (χ1n) is 6.55. The van der Waals surface area contributed by atoms with E-state index in [1.54, 1.807) is 12.1 Å². The van der Waals surface area contributed by atoms with E-state index >= 15 is 0 Å². The summed E-state index contributed by atoms with van der Waals surface area (Å²) < 4.78 is 0. The Labute approximate surface area is 120 Å². The molecule has 106 valence electrons. The van der Waals surface area contributed by atoms with E-state index < -0.39 is 0 Å². The van der Waals surface area contributed by atoms with Crippen LogP contribution in [0.5, 0.6) is 11.5 Å². The number of carbonyl (C=O) groups excluding carboxylic acids is 2. The van der Waals surface area contributed by atoms with Crippen LogP contribution in [0.3, 0.4) is 0 Å². The summed E-state index contributed by atoms with van der Waals surface area (Å²) in [6.07, 6.45) is 0.109. The Morgan fingerprint density at radius 3 is 2.19 bits per heavy atom. The third-order valence-electron chi connectivity index (χ3n) is 3.47. The van der Waals surface area contributed by atoms with Crippen LogP contribution in [0, 0.1) is 0 Å². The van der Waals surface area contributed by atoms with Crippen LogP contribution in [0.1, 0.15) is 33.6 Å². The quantitative estimate of drug-likeness (QED) is 0.582. The number of Topliss-reactive ketones (excluding diaryl/α,β-unsaturated/α-hetero) is 2. The number of nitrogens with one attached hydrogen (secondary N) is 1. The minimum Gasteiger partial charge on any atom is -0.507 e. The van der Waals surface area contributed by atoms with Gasteiger partial charge >= 0.3 is 0 Å². The van der Waals surface area contributed by atoms with Crippen LogP contribution in [0.15, 0.2) is 36.4 Å². The lowest BCUT2D eigenvalue weighted by Crippen LogP contribution is -2.17. The second kappa shape index (κ2) is 4.94. The Kier molecular flexibility index (Phi) is 3.10. The normalized spacial score (nSPS) is 13.9. The molecule has 21 heavy (non-hydrogen) atoms. The summed E-state index contributed by atoms with van der Waals surface area (Å²) in [7, 11) is 0. The molecule has 1 aliphatic carbocycles. The molecule has 0 spiro atoms. The van der Waals surface area contributed by atoms with E-state index in [9.17, 15) is 19.8 Å². The van der Waals surface area contributed by atoms with Crippen molar-refractivity contribution in [1.29, 1.82) is 0 Å². The van der Waals surface area contributed by atoms with Crippen molar-refractivity contribution in [3.63, 3.8) is 0 Å². The zero-order chi connectivity index (χ0) is 15.0. The number of aromatic hydroxyl groups is 2. The predicted octanol–water partition coefficient (Wildman–Crippen LogP) is 3.00. The van der Waals surface area contributed by atoms with E-state index in [0.29, 0.717) is 5.69 Å². The molecule has 5 heteroatoms. The minimum absolute atomic E-state index is 0.0492. The summed E-state index contributed by atoms with van der Waals surface area (Å²) in [6, 6.07) is 10.3. The fourth-order valence-electron chi connectivity index (χ4n) is 2.46. The van der Waals surface area contributed by atoms with Crippen molar-refractivity contribution < 1.29 is 19.8 Å². The first-order chi connectivity index (χ1) is 10.1. The Morgan fingerprint density at radius 1 is 0.905 bits per heavy atom. The number of benzene rings is 2. The molecule has 1 aliphatic rings. The largest absolute Gasteiger partial charge is 0.507 e. The molecule has 2 aromatic carbocycles. The Hall–Kier alpha value is -2.82. The van der Waals surface area contributed by atoms with E-state index in [4.69, 9.17) is 0 Å². The molecule has 5 nitrogen and oxygen atoms in total. The molecule has 0 saturated carbocycles. The zero-order valence-electron chi connectivity index (χ0n) is 11.1. The fourth-order valence-corrected chi connectivity index (χ4v) is 2.46. The molecular weight excluding hydrogens is 270 g/mol. The highest BCUT2D eigenvalue weighted by atomic mass is 16.3. The van der Waals surface area contributed by atoms with Crippen molar-refractivity contribution in [1.82, 2.24) is 0 Å². The average molecular weight is 283 g/mol. The maximum absolute atomic E-state index is 12.0. The van der Waals surface area contributed by atoms with Crippen molar-refractivity contribution in [2.24, 2.45) is 0 Å². The van der Waals surface area contributed by atoms with Crippen LogP contribution >= 0.6 is 0 Å². The average Bonchev–Trinajstić information content (AvgIpc) is 2.48. The van der Waals surface area contributed by atoms with Crippen LogP contribution in [0.25, 0.3) is 0 Å². The van der Waals surface area contributed by atoms with Gasteiger partial charge in [-0.25, -0.2) is 0 Å². The molecule has 0 bridgehead atoms. The molecule has 0 saturated heterocycles. The van der Waals surface area contributed by atoms with Crippen LogP contribution in [-0.4, -0.2) is 21.8 Å². The smallest absolute Gasteiger partial charge is 0.168 e. The van der Waals surface area contributed by atoms with Crippen molar-refractivity contribution in [2.45, 2.75) is 12.8 Å². The summed E-state index contributed by atoms with van der Waals surface area (Å²) in [5.41, 5.74) is 0.717. The van der Waals surface area contributed by atoms with Gasteiger partial charge in [0.15, 0.2) is 17.3 Å². The number of phenolic OH excluding ortho intramolecular Hbond substituents is 2. The van der Waals surface area contributed by atoms with Crippen LogP contribution in [-0.2, 0) is 0 Å². The zero-order valence-corrected chi connectivity index (χ0v) is 11.1. The maximum atomic E-state index is 12.0. The molecule has 0 aromatic heterocycles. The monoisotopic (exact) mass is 283 g/mol. The number of anilines is 2. The molecule has 0 heterocycles. The molecule has 0 amide bonds. The predicted molar refractivity (Wildman–Crippen MR) is 77.4 cm³/mol. The first-order valence-corrected chi connectivity index (χ1v) is 6.55. The second-order valence-corrected chi connectivity index (χ2v) is 4.88.